The minimum absolute atomic E-state index is 1.01. The number of benzene rings is 10. The highest BCUT2D eigenvalue weighted by Crippen LogP contribution is 2.43. The Morgan fingerprint density at radius 1 is 0.351 bits per heavy atom. The van der Waals surface area contributed by atoms with E-state index in [1.807, 2.05) is 6.20 Å². The van der Waals surface area contributed by atoms with Crippen molar-refractivity contribution in [2.24, 2.45) is 0 Å². The van der Waals surface area contributed by atoms with Crippen LogP contribution in [0, 0.1) is 6.92 Å². The fraction of sp³-hybridized carbons (Fsp3) is 0.0182. The van der Waals surface area contributed by atoms with Gasteiger partial charge in [-0.15, -0.1) is 0 Å². The fourth-order valence-corrected chi connectivity index (χ4v) is 9.52. The van der Waals surface area contributed by atoms with Crippen LogP contribution in [0.4, 0.5) is 0 Å². The third-order valence-electron chi connectivity index (χ3n) is 12.2. The van der Waals surface area contributed by atoms with Crippen LogP contribution in [0.5, 0.6) is 0 Å². The fourth-order valence-electron chi connectivity index (χ4n) is 9.52. The van der Waals surface area contributed by atoms with E-state index in [0.717, 1.165) is 22.3 Å². The molecule has 0 radical (unpaired) electrons. The second-order valence-corrected chi connectivity index (χ2v) is 15.3. The Hall–Kier alpha value is -7.42. The summed E-state index contributed by atoms with van der Waals surface area (Å²) in [5.41, 5.74) is 10.2. The molecule has 0 aliphatic rings. The second kappa shape index (κ2) is 12.3. The van der Waals surface area contributed by atoms with Crippen LogP contribution >= 0.6 is 0 Å². The van der Waals surface area contributed by atoms with E-state index in [2.05, 4.69) is 189 Å². The van der Waals surface area contributed by atoms with Crippen molar-refractivity contribution in [2.45, 2.75) is 6.92 Å². The van der Waals surface area contributed by atoms with Crippen molar-refractivity contribution in [1.29, 1.82) is 0 Å². The van der Waals surface area contributed by atoms with E-state index in [-0.39, 0.29) is 0 Å². The van der Waals surface area contributed by atoms with E-state index < -0.39 is 0 Å². The molecule has 2 nitrogen and oxygen atoms in total. The van der Waals surface area contributed by atoms with E-state index in [1.54, 1.807) is 0 Å². The first kappa shape index (κ1) is 31.9. The standard InChI is InChI=1S/C55H34N2/c1-33-10-8-11-34-22-27-48-43(28-29-56-55(48)51(33)34)39-24-26-42-38(32-39)21-20-37-30-36(23-25-41(37)42)35-12-9-13-40(31-35)54-53-47-17-5-3-15-45(47)44-14-2-4-16-46(44)52(53)49-18-6-7-19-50(49)57-54/h2-32H,1H3. The molecular weight excluding hydrogens is 689 g/mol. The van der Waals surface area contributed by atoms with Gasteiger partial charge in [-0.3, -0.25) is 4.98 Å². The molecule has 0 atom stereocenters. The lowest BCUT2D eigenvalue weighted by Gasteiger charge is -2.16. The van der Waals surface area contributed by atoms with Gasteiger partial charge in [0.2, 0.25) is 0 Å². The molecule has 0 unspecified atom stereocenters. The smallest absolute Gasteiger partial charge is 0.0794 e. The molecule has 0 saturated carbocycles. The van der Waals surface area contributed by atoms with Gasteiger partial charge in [0.05, 0.1) is 16.7 Å². The molecule has 0 fully saturated rings. The highest BCUT2D eigenvalue weighted by Gasteiger charge is 2.18. The molecule has 12 aromatic rings. The van der Waals surface area contributed by atoms with Crippen LogP contribution in [0.15, 0.2) is 188 Å². The molecule has 12 rings (SSSR count). The highest BCUT2D eigenvalue weighted by atomic mass is 14.7. The van der Waals surface area contributed by atoms with Gasteiger partial charge in [-0.05, 0) is 114 Å². The summed E-state index contributed by atoms with van der Waals surface area (Å²) in [6.07, 6.45) is 1.95. The topological polar surface area (TPSA) is 25.8 Å². The van der Waals surface area contributed by atoms with E-state index >= 15 is 0 Å². The first-order valence-electron chi connectivity index (χ1n) is 19.6. The first-order valence-corrected chi connectivity index (χ1v) is 19.6. The van der Waals surface area contributed by atoms with Crippen molar-refractivity contribution in [3.8, 4) is 33.5 Å². The maximum atomic E-state index is 5.41. The Bertz CT molecular complexity index is 3650. The molecule has 2 aromatic heterocycles. The zero-order valence-electron chi connectivity index (χ0n) is 31.3. The van der Waals surface area contributed by atoms with Crippen LogP contribution in [-0.2, 0) is 0 Å². The number of hydrogen-bond acceptors (Lipinski definition) is 2. The van der Waals surface area contributed by atoms with Gasteiger partial charge in [0, 0.05) is 38.7 Å². The van der Waals surface area contributed by atoms with Crippen molar-refractivity contribution in [2.75, 3.05) is 0 Å². The molecule has 264 valence electrons. The molecule has 2 heteroatoms. The third kappa shape index (κ3) is 4.84. The van der Waals surface area contributed by atoms with E-state index in [1.165, 1.54) is 103 Å². The Labute approximate surface area is 329 Å². The van der Waals surface area contributed by atoms with Crippen LogP contribution in [0.3, 0.4) is 0 Å². The zero-order chi connectivity index (χ0) is 37.6. The largest absolute Gasteiger partial charge is 0.256 e. The third-order valence-corrected chi connectivity index (χ3v) is 12.2. The number of nitrogens with zero attached hydrogens (tertiary/aromatic N) is 2. The predicted molar refractivity (Wildman–Crippen MR) is 243 cm³/mol. The van der Waals surface area contributed by atoms with Crippen molar-refractivity contribution < 1.29 is 0 Å². The minimum Gasteiger partial charge on any atom is -0.256 e. The molecular formula is C55H34N2. The van der Waals surface area contributed by atoms with Crippen LogP contribution < -0.4 is 0 Å². The van der Waals surface area contributed by atoms with Crippen LogP contribution in [0.25, 0.3) is 120 Å². The maximum Gasteiger partial charge on any atom is 0.0794 e. The van der Waals surface area contributed by atoms with Crippen molar-refractivity contribution in [3.05, 3.63) is 194 Å². The van der Waals surface area contributed by atoms with Gasteiger partial charge in [-0.2, -0.15) is 0 Å². The number of pyridine rings is 2. The Morgan fingerprint density at radius 3 is 1.74 bits per heavy atom. The number of aromatic nitrogens is 2. The molecule has 0 aliphatic heterocycles. The zero-order valence-corrected chi connectivity index (χ0v) is 31.3. The summed E-state index contributed by atoms with van der Waals surface area (Å²) in [7, 11) is 0. The lowest BCUT2D eigenvalue weighted by atomic mass is 9.89. The summed E-state index contributed by atoms with van der Waals surface area (Å²) in [5, 5.41) is 17.2. The average Bonchev–Trinajstić information content (AvgIpc) is 3.28. The molecule has 0 saturated heterocycles. The van der Waals surface area contributed by atoms with Gasteiger partial charge in [0.1, 0.15) is 0 Å². The van der Waals surface area contributed by atoms with Crippen molar-refractivity contribution in [1.82, 2.24) is 9.97 Å². The monoisotopic (exact) mass is 722 g/mol. The Morgan fingerprint density at radius 2 is 0.947 bits per heavy atom. The lowest BCUT2D eigenvalue weighted by molar-refractivity contribution is 1.41. The van der Waals surface area contributed by atoms with Crippen LogP contribution in [0.1, 0.15) is 5.56 Å². The second-order valence-electron chi connectivity index (χ2n) is 15.3. The van der Waals surface area contributed by atoms with Crippen LogP contribution in [0.2, 0.25) is 0 Å². The van der Waals surface area contributed by atoms with E-state index in [0.29, 0.717) is 0 Å². The molecule has 0 aliphatic carbocycles. The molecule has 0 amide bonds. The number of hydrogen-bond donors (Lipinski definition) is 0. The molecule has 10 aromatic carbocycles. The molecule has 0 bridgehead atoms. The number of rotatable bonds is 3. The summed E-state index contributed by atoms with van der Waals surface area (Å²) in [4.78, 5) is 10.3. The SMILES string of the molecule is Cc1cccc2ccc3c(-c4ccc5c(ccc6cc(-c7cccc(-c8nc9ccccc9c9c%10ccccc%10c%10ccccc%10c89)c7)ccc65)c4)ccnc3c12. The Kier molecular flexibility index (Phi) is 6.88. The average molecular weight is 723 g/mol. The molecule has 0 N–H and O–H groups in total. The summed E-state index contributed by atoms with van der Waals surface area (Å²) in [6, 6.07) is 66.5. The van der Waals surface area contributed by atoms with Gasteiger partial charge in [-0.25, -0.2) is 4.98 Å². The van der Waals surface area contributed by atoms with Crippen molar-refractivity contribution >= 4 is 86.4 Å². The number of fused-ring (bicyclic) bond motifs is 14. The lowest BCUT2D eigenvalue weighted by Crippen LogP contribution is -1.93. The molecule has 0 spiro atoms. The summed E-state index contributed by atoms with van der Waals surface area (Å²) < 4.78 is 0. The number of aryl methyl sites for hydroxylation is 1. The summed E-state index contributed by atoms with van der Waals surface area (Å²) in [6.45, 7) is 2.17. The predicted octanol–water partition coefficient (Wildman–Crippen LogP) is 15.0. The highest BCUT2D eigenvalue weighted by molar-refractivity contribution is 6.33. The minimum atomic E-state index is 1.01. The van der Waals surface area contributed by atoms with Gasteiger partial charge < -0.3 is 0 Å². The van der Waals surface area contributed by atoms with E-state index in [4.69, 9.17) is 9.97 Å². The number of para-hydroxylation sites is 1. The van der Waals surface area contributed by atoms with Gasteiger partial charge >= 0.3 is 0 Å². The molecule has 57 heavy (non-hydrogen) atoms. The Balaban J connectivity index is 0.986. The molecule has 2 heterocycles. The van der Waals surface area contributed by atoms with Gasteiger partial charge in [-0.1, -0.05) is 152 Å². The normalized spacial score (nSPS) is 11.9. The quantitative estimate of drug-likeness (QED) is 0.170. The van der Waals surface area contributed by atoms with Gasteiger partial charge in [0.25, 0.3) is 0 Å². The van der Waals surface area contributed by atoms with E-state index in [9.17, 15) is 0 Å². The van der Waals surface area contributed by atoms with Gasteiger partial charge in [0.15, 0.2) is 0 Å². The van der Waals surface area contributed by atoms with Crippen molar-refractivity contribution in [3.63, 3.8) is 0 Å². The maximum absolute atomic E-state index is 5.41. The first-order chi connectivity index (χ1) is 28.2. The summed E-state index contributed by atoms with van der Waals surface area (Å²) >= 11 is 0. The van der Waals surface area contributed by atoms with Crippen LogP contribution in [-0.4, -0.2) is 9.97 Å². The summed E-state index contributed by atoms with van der Waals surface area (Å²) in [5.74, 6) is 0.